The van der Waals surface area contributed by atoms with Crippen molar-refractivity contribution in [3.8, 4) is 0 Å². The van der Waals surface area contributed by atoms with Gasteiger partial charge in [0.15, 0.2) is 0 Å². The largest absolute Gasteiger partial charge is 0.389 e. The van der Waals surface area contributed by atoms with Crippen LogP contribution in [-0.2, 0) is 0 Å². The van der Waals surface area contributed by atoms with Crippen molar-refractivity contribution in [2.24, 2.45) is 0 Å². The van der Waals surface area contributed by atoms with Gasteiger partial charge in [-0.05, 0) is 56.7 Å². The van der Waals surface area contributed by atoms with Crippen molar-refractivity contribution >= 4 is 23.5 Å². The summed E-state index contributed by atoms with van der Waals surface area (Å²) in [5.74, 6) is 0. The zero-order valence-corrected chi connectivity index (χ0v) is 15.4. The summed E-state index contributed by atoms with van der Waals surface area (Å²) in [6.07, 6.45) is 0. The zero-order chi connectivity index (χ0) is 17.7. The Kier molecular flexibility index (Phi) is 5.91. The van der Waals surface area contributed by atoms with Gasteiger partial charge >= 0.3 is 6.03 Å². The average molecular weight is 344 g/mol. The molecular weight excluding hydrogens is 320 g/mol. The lowest BCUT2D eigenvalue weighted by molar-refractivity contribution is 0.0550. The predicted octanol–water partition coefficient (Wildman–Crippen LogP) is 4.38. The molecule has 0 unspecified atom stereocenters. The van der Waals surface area contributed by atoms with E-state index in [1.807, 2.05) is 37.3 Å². The second kappa shape index (κ2) is 7.73. The van der Waals surface area contributed by atoms with Gasteiger partial charge in [-0.3, -0.25) is 0 Å². The minimum absolute atomic E-state index is 0.233. The molecule has 2 aromatic carbocycles. The lowest BCUT2D eigenvalue weighted by Crippen LogP contribution is -2.41. The van der Waals surface area contributed by atoms with E-state index < -0.39 is 5.60 Å². The normalized spacial score (nSPS) is 11.2. The first kappa shape index (κ1) is 18.4. The summed E-state index contributed by atoms with van der Waals surface area (Å²) in [7, 11) is 1.67. The Labute approximate surface area is 147 Å². The number of benzene rings is 2. The molecule has 0 saturated heterocycles. The summed E-state index contributed by atoms with van der Waals surface area (Å²) in [5.41, 5.74) is 0.859. The number of hydrogen-bond acceptors (Lipinski definition) is 3. The number of urea groups is 1. The number of hydrogen-bond donors (Lipinski definition) is 2. The summed E-state index contributed by atoms with van der Waals surface area (Å²) in [5, 5.41) is 12.7. The molecule has 2 N–H and O–H groups in total. The fourth-order valence-electron chi connectivity index (χ4n) is 2.33. The molecule has 0 aliphatic rings. The molecule has 0 saturated carbocycles. The third kappa shape index (κ3) is 5.58. The van der Waals surface area contributed by atoms with Crippen LogP contribution in [0.4, 0.5) is 10.5 Å². The number of carbonyl (C=O) groups excluding carboxylic acids is 1. The Morgan fingerprint density at radius 2 is 1.83 bits per heavy atom. The second-order valence-corrected chi connectivity index (χ2v) is 7.64. The number of amides is 2. The molecule has 0 radical (unpaired) electrons. The maximum Gasteiger partial charge on any atom is 0.321 e. The molecule has 0 atom stereocenters. The van der Waals surface area contributed by atoms with Crippen LogP contribution in [0.3, 0.4) is 0 Å². The van der Waals surface area contributed by atoms with E-state index in [-0.39, 0.29) is 12.6 Å². The number of nitrogens with zero attached hydrogens (tertiary/aromatic N) is 1. The van der Waals surface area contributed by atoms with E-state index in [1.54, 1.807) is 32.7 Å². The number of carbonyl (C=O) groups is 1. The second-order valence-electron chi connectivity index (χ2n) is 6.49. The van der Waals surface area contributed by atoms with E-state index in [9.17, 15) is 9.90 Å². The van der Waals surface area contributed by atoms with Gasteiger partial charge in [0, 0.05) is 22.5 Å². The van der Waals surface area contributed by atoms with Crippen LogP contribution in [0.5, 0.6) is 0 Å². The van der Waals surface area contributed by atoms with Crippen molar-refractivity contribution in [1.82, 2.24) is 4.90 Å². The Morgan fingerprint density at radius 3 is 2.42 bits per heavy atom. The summed E-state index contributed by atoms with van der Waals surface area (Å²) >= 11 is 1.69. The molecule has 0 aliphatic carbocycles. The topological polar surface area (TPSA) is 52.6 Å². The SMILES string of the molecule is Cc1cc(Sc2ccccc2)ccc1NC(=O)N(C)CC(C)(C)O. The van der Waals surface area contributed by atoms with Crippen molar-refractivity contribution in [2.75, 3.05) is 18.9 Å². The summed E-state index contributed by atoms with van der Waals surface area (Å²) in [6.45, 7) is 5.59. The third-order valence-electron chi connectivity index (χ3n) is 3.39. The monoisotopic (exact) mass is 344 g/mol. The predicted molar refractivity (Wildman–Crippen MR) is 99.7 cm³/mol. The highest BCUT2D eigenvalue weighted by Crippen LogP contribution is 2.30. The number of rotatable bonds is 5. The van der Waals surface area contributed by atoms with Crippen molar-refractivity contribution in [3.05, 3.63) is 54.1 Å². The van der Waals surface area contributed by atoms with Gasteiger partial charge in [-0.2, -0.15) is 0 Å². The molecule has 2 rings (SSSR count). The molecule has 0 heterocycles. The lowest BCUT2D eigenvalue weighted by atomic mass is 10.1. The lowest BCUT2D eigenvalue weighted by Gasteiger charge is -2.26. The Morgan fingerprint density at radius 1 is 1.17 bits per heavy atom. The minimum Gasteiger partial charge on any atom is -0.389 e. The van der Waals surface area contributed by atoms with E-state index in [0.29, 0.717) is 0 Å². The molecule has 4 nitrogen and oxygen atoms in total. The van der Waals surface area contributed by atoms with E-state index >= 15 is 0 Å². The third-order valence-corrected chi connectivity index (χ3v) is 4.39. The Balaban J connectivity index is 2.03. The minimum atomic E-state index is -0.919. The molecule has 24 heavy (non-hydrogen) atoms. The maximum absolute atomic E-state index is 12.2. The molecule has 0 aromatic heterocycles. The van der Waals surface area contributed by atoms with Crippen LogP contribution in [-0.4, -0.2) is 35.2 Å². The number of aryl methyl sites for hydroxylation is 1. The fourth-order valence-corrected chi connectivity index (χ4v) is 3.26. The fraction of sp³-hybridized carbons (Fsp3) is 0.316. The highest BCUT2D eigenvalue weighted by molar-refractivity contribution is 7.99. The summed E-state index contributed by atoms with van der Waals surface area (Å²) < 4.78 is 0. The molecule has 0 spiro atoms. The molecular formula is C19H24N2O2S. The van der Waals surface area contributed by atoms with Gasteiger partial charge in [0.25, 0.3) is 0 Å². The number of aliphatic hydroxyl groups is 1. The van der Waals surface area contributed by atoms with Crippen molar-refractivity contribution in [1.29, 1.82) is 0 Å². The van der Waals surface area contributed by atoms with Gasteiger partial charge in [0.2, 0.25) is 0 Å². The molecule has 0 fully saturated rings. The number of nitrogens with one attached hydrogen (secondary N) is 1. The van der Waals surface area contributed by atoms with Gasteiger partial charge in [-0.15, -0.1) is 0 Å². The van der Waals surface area contributed by atoms with Crippen LogP contribution in [0.15, 0.2) is 58.3 Å². The van der Waals surface area contributed by atoms with Crippen LogP contribution in [0.25, 0.3) is 0 Å². The van der Waals surface area contributed by atoms with Crippen LogP contribution in [0, 0.1) is 6.92 Å². The smallest absolute Gasteiger partial charge is 0.321 e. The zero-order valence-electron chi connectivity index (χ0n) is 14.5. The first-order valence-electron chi connectivity index (χ1n) is 7.83. The highest BCUT2D eigenvalue weighted by atomic mass is 32.2. The Bertz CT molecular complexity index is 696. The van der Waals surface area contributed by atoms with Crippen LogP contribution in [0.2, 0.25) is 0 Å². The highest BCUT2D eigenvalue weighted by Gasteiger charge is 2.19. The molecule has 2 amide bonds. The number of likely N-dealkylation sites (N-methyl/N-ethyl adjacent to an activating group) is 1. The molecule has 5 heteroatoms. The van der Waals surface area contributed by atoms with Crippen LogP contribution in [0.1, 0.15) is 19.4 Å². The van der Waals surface area contributed by atoms with E-state index in [1.165, 1.54) is 9.80 Å². The van der Waals surface area contributed by atoms with Crippen LogP contribution < -0.4 is 5.32 Å². The number of anilines is 1. The van der Waals surface area contributed by atoms with Crippen molar-refractivity contribution in [2.45, 2.75) is 36.2 Å². The molecule has 2 aromatic rings. The van der Waals surface area contributed by atoms with Crippen molar-refractivity contribution in [3.63, 3.8) is 0 Å². The van der Waals surface area contributed by atoms with Gasteiger partial charge in [0.1, 0.15) is 0 Å². The van der Waals surface area contributed by atoms with Crippen LogP contribution >= 0.6 is 11.8 Å². The standard InChI is InChI=1S/C19H24N2O2S/c1-14-12-16(24-15-8-6-5-7-9-15)10-11-17(14)20-18(22)21(4)13-19(2,3)23/h5-12,23H,13H2,1-4H3,(H,20,22). The van der Waals surface area contributed by atoms with E-state index in [4.69, 9.17) is 0 Å². The molecule has 0 aliphatic heterocycles. The van der Waals surface area contributed by atoms with Gasteiger partial charge in [-0.1, -0.05) is 30.0 Å². The average Bonchev–Trinajstić information content (AvgIpc) is 2.49. The van der Waals surface area contributed by atoms with Crippen molar-refractivity contribution < 1.29 is 9.90 Å². The summed E-state index contributed by atoms with van der Waals surface area (Å²) in [4.78, 5) is 16.0. The van der Waals surface area contributed by atoms with E-state index in [0.717, 1.165) is 16.1 Å². The first-order valence-corrected chi connectivity index (χ1v) is 8.64. The summed E-state index contributed by atoms with van der Waals surface area (Å²) in [6, 6.07) is 15.9. The van der Waals surface area contributed by atoms with Gasteiger partial charge < -0.3 is 15.3 Å². The van der Waals surface area contributed by atoms with Gasteiger partial charge in [-0.25, -0.2) is 4.79 Å². The Hall–Kier alpha value is -1.98. The van der Waals surface area contributed by atoms with E-state index in [2.05, 4.69) is 23.5 Å². The molecule has 128 valence electrons. The maximum atomic E-state index is 12.2. The van der Waals surface area contributed by atoms with Gasteiger partial charge in [0.05, 0.1) is 12.1 Å². The molecule has 0 bridgehead atoms. The quantitative estimate of drug-likeness (QED) is 0.846. The first-order chi connectivity index (χ1) is 11.2.